The molecule has 0 N–H and O–H groups in total. The lowest BCUT2D eigenvalue weighted by molar-refractivity contribution is -0.147. The topological polar surface area (TPSA) is 52.6 Å². The number of rotatable bonds is 6. The van der Waals surface area contributed by atoms with Gasteiger partial charge in [-0.25, -0.2) is 0 Å². The Balaban J connectivity index is 2.23. The number of ketones is 1. The second kappa shape index (κ2) is 7.52. The minimum absolute atomic E-state index is 0.0307. The quantitative estimate of drug-likeness (QED) is 0.540. The number of esters is 1. The zero-order valence-corrected chi connectivity index (χ0v) is 11.6. The summed E-state index contributed by atoms with van der Waals surface area (Å²) in [5.41, 5.74) is 0. The summed E-state index contributed by atoms with van der Waals surface area (Å²) >= 11 is 0. The van der Waals surface area contributed by atoms with Crippen molar-refractivity contribution >= 4 is 11.8 Å². The molecule has 1 saturated carbocycles. The molecule has 104 valence electrons. The molecule has 1 fully saturated rings. The molecular weight excluding hydrogens is 232 g/mol. The number of Topliss-reactive ketones (excluding diaryl/α,β-unsaturated/α-hetero) is 1. The summed E-state index contributed by atoms with van der Waals surface area (Å²) in [6, 6.07) is 0. The first-order valence-electron chi connectivity index (χ1n) is 6.80. The van der Waals surface area contributed by atoms with Gasteiger partial charge in [-0.05, 0) is 38.0 Å². The van der Waals surface area contributed by atoms with Crippen LogP contribution in [0, 0.1) is 11.8 Å². The molecule has 0 saturated heterocycles. The van der Waals surface area contributed by atoms with Gasteiger partial charge in [0, 0.05) is 0 Å². The fourth-order valence-electron chi connectivity index (χ4n) is 2.64. The summed E-state index contributed by atoms with van der Waals surface area (Å²) < 4.78 is 10.3. The van der Waals surface area contributed by atoms with Gasteiger partial charge >= 0.3 is 5.97 Å². The molecular formula is C14H24O4. The molecule has 0 bridgehead atoms. The highest BCUT2D eigenvalue weighted by Gasteiger charge is 2.25. The molecule has 0 amide bonds. The maximum absolute atomic E-state index is 11.5. The number of carbonyl (C=O) groups excluding carboxylic acids is 2. The zero-order chi connectivity index (χ0) is 13.5. The van der Waals surface area contributed by atoms with Crippen LogP contribution in [0.25, 0.3) is 0 Å². The van der Waals surface area contributed by atoms with Gasteiger partial charge in [0.25, 0.3) is 0 Å². The zero-order valence-electron chi connectivity index (χ0n) is 11.6. The van der Waals surface area contributed by atoms with Gasteiger partial charge in [0.1, 0.15) is 13.0 Å². The predicted molar refractivity (Wildman–Crippen MR) is 68.2 cm³/mol. The molecule has 0 heterocycles. The highest BCUT2D eigenvalue weighted by molar-refractivity contribution is 5.96. The molecule has 0 aliphatic heterocycles. The van der Waals surface area contributed by atoms with E-state index in [1.54, 1.807) is 6.92 Å². The lowest BCUT2D eigenvalue weighted by Gasteiger charge is -2.31. The molecule has 4 nitrogen and oxygen atoms in total. The van der Waals surface area contributed by atoms with Crippen LogP contribution in [0.1, 0.15) is 46.5 Å². The first-order valence-corrected chi connectivity index (χ1v) is 6.80. The Bertz CT molecular complexity index is 278. The largest absolute Gasteiger partial charge is 0.466 e. The van der Waals surface area contributed by atoms with Crippen LogP contribution in [-0.4, -0.2) is 31.1 Å². The normalized spacial score (nSPS) is 27.8. The van der Waals surface area contributed by atoms with Gasteiger partial charge in [-0.1, -0.05) is 13.8 Å². The monoisotopic (exact) mass is 256 g/mol. The second-order valence-corrected chi connectivity index (χ2v) is 5.37. The van der Waals surface area contributed by atoms with Gasteiger partial charge < -0.3 is 9.47 Å². The number of ether oxygens (including phenoxy) is 2. The van der Waals surface area contributed by atoms with E-state index in [4.69, 9.17) is 9.47 Å². The first-order chi connectivity index (χ1) is 8.51. The van der Waals surface area contributed by atoms with Crippen LogP contribution in [0.3, 0.4) is 0 Å². The van der Waals surface area contributed by atoms with E-state index in [-0.39, 0.29) is 24.9 Å². The van der Waals surface area contributed by atoms with E-state index in [1.165, 1.54) is 6.42 Å². The van der Waals surface area contributed by atoms with Crippen molar-refractivity contribution in [1.29, 1.82) is 0 Å². The van der Waals surface area contributed by atoms with Crippen LogP contribution in [0.5, 0.6) is 0 Å². The number of hydrogen-bond acceptors (Lipinski definition) is 4. The van der Waals surface area contributed by atoms with Crippen LogP contribution in [0.4, 0.5) is 0 Å². The standard InChI is InChI=1S/C14H24O4/c1-4-17-14(16)8-12(15)9-18-13-6-10(2)5-11(3)7-13/h10-11,13H,4-9H2,1-3H3. The van der Waals surface area contributed by atoms with E-state index in [1.807, 2.05) is 0 Å². The highest BCUT2D eigenvalue weighted by atomic mass is 16.5. The van der Waals surface area contributed by atoms with Crippen LogP contribution < -0.4 is 0 Å². The lowest BCUT2D eigenvalue weighted by Crippen LogP contribution is -2.28. The third-order valence-corrected chi connectivity index (χ3v) is 3.26. The average Bonchev–Trinajstić information content (AvgIpc) is 2.25. The van der Waals surface area contributed by atoms with E-state index in [0.717, 1.165) is 12.8 Å². The van der Waals surface area contributed by atoms with Crippen molar-refractivity contribution in [1.82, 2.24) is 0 Å². The Morgan fingerprint density at radius 2 is 1.72 bits per heavy atom. The average molecular weight is 256 g/mol. The van der Waals surface area contributed by atoms with Gasteiger partial charge in [0.2, 0.25) is 0 Å². The van der Waals surface area contributed by atoms with Crippen LogP contribution >= 0.6 is 0 Å². The van der Waals surface area contributed by atoms with Crippen molar-refractivity contribution in [3.8, 4) is 0 Å². The fraction of sp³-hybridized carbons (Fsp3) is 0.857. The van der Waals surface area contributed by atoms with Crippen molar-refractivity contribution in [2.24, 2.45) is 11.8 Å². The van der Waals surface area contributed by atoms with Gasteiger partial charge in [-0.2, -0.15) is 0 Å². The molecule has 1 aliphatic carbocycles. The maximum Gasteiger partial charge on any atom is 0.313 e. The minimum atomic E-state index is -0.462. The van der Waals surface area contributed by atoms with Crippen LogP contribution in [0.2, 0.25) is 0 Å². The van der Waals surface area contributed by atoms with E-state index in [9.17, 15) is 9.59 Å². The predicted octanol–water partition coefficient (Wildman–Crippen LogP) is 2.35. The maximum atomic E-state index is 11.5. The molecule has 2 unspecified atom stereocenters. The van der Waals surface area contributed by atoms with Gasteiger partial charge in [0.05, 0.1) is 12.7 Å². The third-order valence-electron chi connectivity index (χ3n) is 3.26. The Kier molecular flexibility index (Phi) is 6.33. The molecule has 1 rings (SSSR count). The molecule has 2 atom stereocenters. The van der Waals surface area contributed by atoms with E-state index in [0.29, 0.717) is 18.4 Å². The van der Waals surface area contributed by atoms with E-state index >= 15 is 0 Å². The summed E-state index contributed by atoms with van der Waals surface area (Å²) in [4.78, 5) is 22.6. The molecule has 0 aromatic heterocycles. The Labute approximate surface area is 109 Å². The number of carbonyl (C=O) groups is 2. The summed E-state index contributed by atoms with van der Waals surface area (Å²) in [5.74, 6) is 0.647. The first kappa shape index (κ1) is 15.2. The van der Waals surface area contributed by atoms with Crippen LogP contribution in [0.15, 0.2) is 0 Å². The smallest absolute Gasteiger partial charge is 0.313 e. The molecule has 1 aliphatic rings. The van der Waals surface area contributed by atoms with Crippen molar-refractivity contribution < 1.29 is 19.1 Å². The lowest BCUT2D eigenvalue weighted by atomic mass is 9.82. The third kappa shape index (κ3) is 5.63. The fourth-order valence-corrected chi connectivity index (χ4v) is 2.64. The molecule has 0 aromatic rings. The molecule has 0 radical (unpaired) electrons. The van der Waals surface area contributed by atoms with Crippen molar-refractivity contribution in [3.63, 3.8) is 0 Å². The van der Waals surface area contributed by atoms with Crippen molar-refractivity contribution in [2.45, 2.75) is 52.6 Å². The Hall–Kier alpha value is -0.900. The summed E-state index contributed by atoms with van der Waals surface area (Å²) in [5, 5.41) is 0. The highest BCUT2D eigenvalue weighted by Crippen LogP contribution is 2.30. The summed E-state index contributed by atoms with van der Waals surface area (Å²) in [7, 11) is 0. The molecule has 18 heavy (non-hydrogen) atoms. The van der Waals surface area contributed by atoms with Gasteiger partial charge in [0.15, 0.2) is 5.78 Å². The van der Waals surface area contributed by atoms with E-state index in [2.05, 4.69) is 13.8 Å². The van der Waals surface area contributed by atoms with Crippen LogP contribution in [-0.2, 0) is 19.1 Å². The summed E-state index contributed by atoms with van der Waals surface area (Å²) in [6.45, 7) is 6.50. The SMILES string of the molecule is CCOC(=O)CC(=O)COC1CC(C)CC(C)C1. The van der Waals surface area contributed by atoms with Gasteiger partial charge in [-0.15, -0.1) is 0 Å². The summed E-state index contributed by atoms with van der Waals surface area (Å²) in [6.07, 6.45) is 3.24. The molecule has 0 spiro atoms. The minimum Gasteiger partial charge on any atom is -0.466 e. The number of hydrogen-bond donors (Lipinski definition) is 0. The van der Waals surface area contributed by atoms with Crippen molar-refractivity contribution in [2.75, 3.05) is 13.2 Å². The van der Waals surface area contributed by atoms with Gasteiger partial charge in [-0.3, -0.25) is 9.59 Å². The Morgan fingerprint density at radius 1 is 1.11 bits per heavy atom. The molecule has 4 heteroatoms. The van der Waals surface area contributed by atoms with E-state index < -0.39 is 5.97 Å². The molecule has 0 aromatic carbocycles. The Morgan fingerprint density at radius 3 is 2.28 bits per heavy atom. The second-order valence-electron chi connectivity index (χ2n) is 5.37. The van der Waals surface area contributed by atoms with Crippen molar-refractivity contribution in [3.05, 3.63) is 0 Å².